The molecular formula is C35H44N3+. The minimum absolute atomic E-state index is 0.144. The molecule has 1 fully saturated rings. The summed E-state index contributed by atoms with van der Waals surface area (Å²) in [6.45, 7) is 11.3. The van der Waals surface area contributed by atoms with Crippen LogP contribution in [0.4, 0.5) is 5.69 Å². The lowest BCUT2D eigenvalue weighted by molar-refractivity contribution is -0.437. The zero-order valence-electron chi connectivity index (χ0n) is 23.7. The highest BCUT2D eigenvalue weighted by Gasteiger charge is 2.51. The second kappa shape index (κ2) is 11.6. The number of benzene rings is 3. The number of fused-ring (bicyclic) bond motifs is 1. The Kier molecular flexibility index (Phi) is 8.02. The van der Waals surface area contributed by atoms with Gasteiger partial charge >= 0.3 is 0 Å². The molecule has 0 aliphatic carbocycles. The van der Waals surface area contributed by atoms with Gasteiger partial charge in [-0.05, 0) is 36.3 Å². The molecular weight excluding hydrogens is 462 g/mol. The van der Waals surface area contributed by atoms with Crippen molar-refractivity contribution in [3.63, 3.8) is 0 Å². The Labute approximate surface area is 230 Å². The van der Waals surface area contributed by atoms with Gasteiger partial charge in [-0.2, -0.15) is 4.58 Å². The van der Waals surface area contributed by atoms with E-state index >= 15 is 0 Å². The summed E-state index contributed by atoms with van der Waals surface area (Å²) in [7, 11) is 2.27. The van der Waals surface area contributed by atoms with Crippen LogP contribution in [0.15, 0.2) is 96.8 Å². The van der Waals surface area contributed by atoms with Crippen LogP contribution in [0.3, 0.4) is 0 Å². The maximum absolute atomic E-state index is 2.64. The molecule has 0 saturated carbocycles. The van der Waals surface area contributed by atoms with Crippen molar-refractivity contribution in [3.05, 3.63) is 114 Å². The fourth-order valence-corrected chi connectivity index (χ4v) is 6.35. The van der Waals surface area contributed by atoms with Crippen molar-refractivity contribution in [2.45, 2.75) is 51.9 Å². The van der Waals surface area contributed by atoms with E-state index in [0.717, 1.165) is 45.4 Å². The molecule has 0 amide bonds. The molecule has 1 saturated heterocycles. The SMILES string of the molecule is CCC[N+]1=C(/C=C2\N(C)CCN2CCC(C)C)C(Cc2ccccc2)(Cc2ccccc2)c2ccccc21. The fourth-order valence-electron chi connectivity index (χ4n) is 6.35. The van der Waals surface area contributed by atoms with E-state index in [0.29, 0.717) is 5.92 Å². The molecule has 3 aromatic rings. The summed E-state index contributed by atoms with van der Waals surface area (Å²) in [4.78, 5) is 5.09. The highest BCUT2D eigenvalue weighted by Crippen LogP contribution is 2.45. The summed E-state index contributed by atoms with van der Waals surface area (Å²) < 4.78 is 2.64. The number of para-hydroxylation sites is 1. The van der Waals surface area contributed by atoms with Gasteiger partial charge in [-0.15, -0.1) is 0 Å². The Bertz CT molecular complexity index is 1230. The van der Waals surface area contributed by atoms with Gasteiger partial charge in [0.15, 0.2) is 5.71 Å². The zero-order valence-corrected chi connectivity index (χ0v) is 23.7. The average molecular weight is 507 g/mol. The first-order chi connectivity index (χ1) is 18.5. The minimum Gasteiger partial charge on any atom is -0.359 e. The lowest BCUT2D eigenvalue weighted by atomic mass is 9.69. The zero-order chi connectivity index (χ0) is 26.5. The standard InChI is InChI=1S/C35H44N3/c1-5-21-38-32-19-13-12-18-31(32)35(26-29-14-8-6-9-15-29,27-30-16-10-7-11-17-30)33(38)25-34-36(4)23-24-37(34)22-20-28(2)3/h6-19,25,28H,5,20-24,26-27H2,1-4H3/q+1. The number of likely N-dealkylation sites (N-methyl/N-ethyl adjacent to an activating group) is 1. The molecule has 38 heavy (non-hydrogen) atoms. The topological polar surface area (TPSA) is 9.49 Å². The molecule has 0 radical (unpaired) electrons. The molecule has 0 aromatic heterocycles. The molecule has 0 N–H and O–H groups in total. The van der Waals surface area contributed by atoms with Crippen LogP contribution in [0, 0.1) is 5.92 Å². The van der Waals surface area contributed by atoms with E-state index in [1.54, 1.807) is 0 Å². The second-order valence-corrected chi connectivity index (χ2v) is 11.6. The Balaban J connectivity index is 1.71. The second-order valence-electron chi connectivity index (χ2n) is 11.6. The van der Waals surface area contributed by atoms with Crippen molar-refractivity contribution in [1.82, 2.24) is 9.80 Å². The van der Waals surface area contributed by atoms with Crippen molar-refractivity contribution < 1.29 is 4.58 Å². The summed E-state index contributed by atoms with van der Waals surface area (Å²) in [6, 6.07) is 31.4. The van der Waals surface area contributed by atoms with E-state index in [4.69, 9.17) is 0 Å². The first kappa shape index (κ1) is 26.3. The number of rotatable bonds is 10. The summed E-state index contributed by atoms with van der Waals surface area (Å²) in [5.41, 5.74) is 6.93. The summed E-state index contributed by atoms with van der Waals surface area (Å²) in [5, 5.41) is 0. The fraction of sp³-hybridized carbons (Fsp3) is 0.400. The van der Waals surface area contributed by atoms with E-state index < -0.39 is 0 Å². The average Bonchev–Trinajstić information content (AvgIpc) is 3.40. The molecule has 0 atom stereocenters. The van der Waals surface area contributed by atoms with Gasteiger partial charge in [0.1, 0.15) is 12.4 Å². The number of allylic oxidation sites excluding steroid dienone is 1. The quantitative estimate of drug-likeness (QED) is 0.273. The Morgan fingerprint density at radius 2 is 1.45 bits per heavy atom. The minimum atomic E-state index is -0.144. The van der Waals surface area contributed by atoms with Gasteiger partial charge in [-0.3, -0.25) is 0 Å². The van der Waals surface area contributed by atoms with E-state index in [1.165, 1.54) is 40.3 Å². The highest BCUT2D eigenvalue weighted by atomic mass is 15.4. The van der Waals surface area contributed by atoms with Gasteiger partial charge in [0.25, 0.3) is 0 Å². The molecule has 0 bridgehead atoms. The van der Waals surface area contributed by atoms with Crippen LogP contribution in [-0.4, -0.2) is 53.3 Å². The molecule has 0 spiro atoms. The molecule has 3 aromatic carbocycles. The predicted molar refractivity (Wildman–Crippen MR) is 160 cm³/mol. The van der Waals surface area contributed by atoms with E-state index in [9.17, 15) is 0 Å². The van der Waals surface area contributed by atoms with Crippen molar-refractivity contribution in [1.29, 1.82) is 0 Å². The smallest absolute Gasteiger partial charge is 0.209 e. The molecule has 198 valence electrons. The van der Waals surface area contributed by atoms with E-state index in [2.05, 4.69) is 133 Å². The van der Waals surface area contributed by atoms with Crippen LogP contribution in [-0.2, 0) is 18.3 Å². The van der Waals surface area contributed by atoms with Crippen molar-refractivity contribution in [3.8, 4) is 0 Å². The molecule has 3 nitrogen and oxygen atoms in total. The maximum Gasteiger partial charge on any atom is 0.209 e. The lowest BCUT2D eigenvalue weighted by Crippen LogP contribution is -2.40. The predicted octanol–water partition coefficient (Wildman–Crippen LogP) is 7.05. The van der Waals surface area contributed by atoms with E-state index in [1.807, 2.05) is 0 Å². The number of hydrogen-bond acceptors (Lipinski definition) is 2. The first-order valence-corrected chi connectivity index (χ1v) is 14.5. The first-order valence-electron chi connectivity index (χ1n) is 14.5. The maximum atomic E-state index is 2.64. The van der Waals surface area contributed by atoms with Crippen LogP contribution < -0.4 is 0 Å². The number of hydrogen-bond donors (Lipinski definition) is 0. The van der Waals surface area contributed by atoms with Crippen molar-refractivity contribution >= 4 is 11.4 Å². The van der Waals surface area contributed by atoms with Crippen LogP contribution >= 0.6 is 0 Å². The third-order valence-electron chi connectivity index (χ3n) is 8.30. The van der Waals surface area contributed by atoms with Crippen LogP contribution in [0.1, 0.15) is 50.3 Å². The largest absolute Gasteiger partial charge is 0.359 e. The number of nitrogens with zero attached hydrogens (tertiary/aromatic N) is 3. The molecule has 0 unspecified atom stereocenters. The van der Waals surface area contributed by atoms with Crippen molar-refractivity contribution in [2.24, 2.45) is 5.92 Å². The van der Waals surface area contributed by atoms with Gasteiger partial charge in [-0.1, -0.05) is 99.6 Å². The summed E-state index contributed by atoms with van der Waals surface area (Å²) >= 11 is 0. The van der Waals surface area contributed by atoms with Gasteiger partial charge in [-0.25, -0.2) is 0 Å². The summed E-state index contributed by atoms with van der Waals surface area (Å²) in [6.07, 6.45) is 6.86. The molecule has 3 heteroatoms. The monoisotopic (exact) mass is 506 g/mol. The van der Waals surface area contributed by atoms with Gasteiger partial charge < -0.3 is 9.80 Å². The third-order valence-corrected chi connectivity index (χ3v) is 8.30. The molecule has 2 aliphatic heterocycles. The van der Waals surface area contributed by atoms with Crippen LogP contribution in [0.5, 0.6) is 0 Å². The van der Waals surface area contributed by atoms with Gasteiger partial charge in [0.05, 0.1) is 5.41 Å². The van der Waals surface area contributed by atoms with Crippen LogP contribution in [0.2, 0.25) is 0 Å². The van der Waals surface area contributed by atoms with Crippen LogP contribution in [0.25, 0.3) is 0 Å². The molecule has 5 rings (SSSR count). The highest BCUT2D eigenvalue weighted by molar-refractivity contribution is 6.04. The molecule has 2 heterocycles. The van der Waals surface area contributed by atoms with Gasteiger partial charge in [0, 0.05) is 50.8 Å². The van der Waals surface area contributed by atoms with Gasteiger partial charge in [0.2, 0.25) is 5.69 Å². The third kappa shape index (κ3) is 5.29. The molecule has 2 aliphatic rings. The summed E-state index contributed by atoms with van der Waals surface area (Å²) in [5.74, 6) is 2.08. The normalized spacial score (nSPS) is 17.7. The lowest BCUT2D eigenvalue weighted by Gasteiger charge is -2.30. The Morgan fingerprint density at radius 3 is 2.05 bits per heavy atom. The Hall–Kier alpha value is -3.33. The van der Waals surface area contributed by atoms with E-state index in [-0.39, 0.29) is 5.41 Å². The Morgan fingerprint density at radius 1 is 0.842 bits per heavy atom. The van der Waals surface area contributed by atoms with Crippen molar-refractivity contribution in [2.75, 3.05) is 33.2 Å².